The first-order chi connectivity index (χ1) is 27.2. The first kappa shape index (κ1) is 37.4. The van der Waals surface area contributed by atoms with E-state index in [4.69, 9.17) is 9.98 Å². The summed E-state index contributed by atoms with van der Waals surface area (Å²) in [6.45, 7) is 14.5. The van der Waals surface area contributed by atoms with E-state index >= 15 is 0 Å². The number of hydrogen-bond acceptors (Lipinski definition) is 3. The van der Waals surface area contributed by atoms with Crippen LogP contribution in [0.3, 0.4) is 0 Å². The molecule has 0 unspecified atom stereocenters. The van der Waals surface area contributed by atoms with E-state index in [-0.39, 0.29) is 17.9 Å². The molecule has 0 aliphatic heterocycles. The van der Waals surface area contributed by atoms with Crippen LogP contribution in [-0.4, -0.2) is 21.5 Å². The predicted octanol–water partition coefficient (Wildman–Crippen LogP) is 10.9. The molecule has 0 spiro atoms. The number of aromatic nitrogens is 2. The molecule has 0 saturated carbocycles. The summed E-state index contributed by atoms with van der Waals surface area (Å²) in [6.07, 6.45) is 13.4. The number of nitrogens with zero attached hydrogens (tertiary/aromatic N) is 4. The lowest BCUT2D eigenvalue weighted by Gasteiger charge is -2.13. The SMILES string of the molecule is C=C/C=C(/c1ccc(CN=C(N=C(C)c2ccc(-c3ccnc4c3ccc3cccnc34)cc2)c2cc(F)cc(F)c2)cc1)c1cc/c(=C/C=C\C)c(=C)c1C. The highest BCUT2D eigenvalue weighted by molar-refractivity contribution is 6.12. The summed E-state index contributed by atoms with van der Waals surface area (Å²) in [5, 5.41) is 4.10. The molecule has 2 aromatic heterocycles. The Kier molecular flexibility index (Phi) is 11.1. The van der Waals surface area contributed by atoms with Gasteiger partial charge in [0.2, 0.25) is 0 Å². The van der Waals surface area contributed by atoms with E-state index in [1.165, 1.54) is 12.1 Å². The third kappa shape index (κ3) is 7.96. The van der Waals surface area contributed by atoms with Crippen LogP contribution in [-0.2, 0) is 6.54 Å². The van der Waals surface area contributed by atoms with Crippen molar-refractivity contribution in [3.8, 4) is 11.1 Å². The van der Waals surface area contributed by atoms with E-state index in [0.717, 1.165) is 82.8 Å². The Morgan fingerprint density at radius 3 is 2.25 bits per heavy atom. The molecule has 4 nitrogen and oxygen atoms in total. The monoisotopic (exact) mass is 734 g/mol. The van der Waals surface area contributed by atoms with E-state index in [0.29, 0.717) is 5.71 Å². The maximum absolute atomic E-state index is 14.5. The molecule has 0 amide bonds. The summed E-state index contributed by atoms with van der Waals surface area (Å²) in [4.78, 5) is 18.9. The number of benzene rings is 5. The third-order valence-corrected chi connectivity index (χ3v) is 9.84. The van der Waals surface area contributed by atoms with E-state index in [1.807, 2.05) is 98.8 Å². The molecule has 274 valence electrons. The smallest absolute Gasteiger partial charge is 0.155 e. The molecule has 0 fully saturated rings. The number of halogens is 2. The van der Waals surface area contributed by atoms with E-state index in [1.54, 1.807) is 18.5 Å². The summed E-state index contributed by atoms with van der Waals surface area (Å²) in [5.41, 5.74) is 10.6. The zero-order valence-electron chi connectivity index (χ0n) is 31.6. The van der Waals surface area contributed by atoms with Crippen molar-refractivity contribution in [2.75, 3.05) is 0 Å². The molecule has 2 heterocycles. The lowest BCUT2D eigenvalue weighted by molar-refractivity contribution is 0.583. The van der Waals surface area contributed by atoms with Crippen molar-refractivity contribution in [3.05, 3.63) is 208 Å². The van der Waals surface area contributed by atoms with Gasteiger partial charge in [0.05, 0.1) is 17.6 Å². The Labute approximate surface area is 325 Å². The van der Waals surface area contributed by atoms with Gasteiger partial charge in [0.1, 0.15) is 11.6 Å². The minimum absolute atomic E-state index is 0.231. The molecule has 5 aromatic carbocycles. The number of aliphatic imine (C=N–C) groups is 2. The van der Waals surface area contributed by atoms with Gasteiger partial charge < -0.3 is 0 Å². The van der Waals surface area contributed by atoms with Crippen molar-refractivity contribution in [2.45, 2.75) is 27.3 Å². The number of allylic oxidation sites excluding steroid dienone is 4. The molecular formula is C50H40F2N4. The standard InChI is InChI=1S/C50H40F2N4/c1-6-8-11-36-21-23-44(33(4)32(36)3)45(10-7-2)38-15-13-35(14-16-38)31-55-50(41-28-42(51)30-43(52)29-41)56-34(5)37-17-19-39(20-18-37)46-25-27-54-49-47(46)24-22-40-12-9-26-53-48(40)49/h6-30H,2-3,31H2,1,4-5H3/b8-6-,36-11-,45-10-,55-50?,56-34?. The van der Waals surface area contributed by atoms with Gasteiger partial charge in [-0.05, 0) is 100.0 Å². The molecule has 0 aliphatic carbocycles. The fourth-order valence-electron chi connectivity index (χ4n) is 6.83. The Morgan fingerprint density at radius 1 is 0.786 bits per heavy atom. The van der Waals surface area contributed by atoms with Gasteiger partial charge in [0.15, 0.2) is 5.84 Å². The predicted molar refractivity (Wildman–Crippen MR) is 230 cm³/mol. The van der Waals surface area contributed by atoms with Gasteiger partial charge in [0.25, 0.3) is 0 Å². The number of rotatable bonds is 9. The summed E-state index contributed by atoms with van der Waals surface area (Å²) in [7, 11) is 0. The van der Waals surface area contributed by atoms with E-state index in [9.17, 15) is 8.78 Å². The van der Waals surface area contributed by atoms with Crippen LogP contribution >= 0.6 is 0 Å². The zero-order valence-corrected chi connectivity index (χ0v) is 31.6. The summed E-state index contributed by atoms with van der Waals surface area (Å²) in [6, 6.07) is 33.8. The van der Waals surface area contributed by atoms with Crippen molar-refractivity contribution >= 4 is 51.6 Å². The van der Waals surface area contributed by atoms with Crippen LogP contribution < -0.4 is 10.4 Å². The van der Waals surface area contributed by atoms with E-state index in [2.05, 4.69) is 60.4 Å². The highest BCUT2D eigenvalue weighted by atomic mass is 19.1. The topological polar surface area (TPSA) is 50.5 Å². The average Bonchev–Trinajstić information content (AvgIpc) is 3.22. The van der Waals surface area contributed by atoms with Crippen molar-refractivity contribution in [1.29, 1.82) is 0 Å². The maximum Gasteiger partial charge on any atom is 0.155 e. The largest absolute Gasteiger partial charge is 0.261 e. The van der Waals surface area contributed by atoms with Gasteiger partial charge >= 0.3 is 0 Å². The van der Waals surface area contributed by atoms with Gasteiger partial charge in [-0.15, -0.1) is 0 Å². The highest BCUT2D eigenvalue weighted by Gasteiger charge is 2.13. The second-order valence-corrected chi connectivity index (χ2v) is 13.5. The van der Waals surface area contributed by atoms with Crippen molar-refractivity contribution in [3.63, 3.8) is 0 Å². The average molecular weight is 735 g/mol. The molecule has 6 heteroatoms. The fraction of sp³-hybridized carbons (Fsp3) is 0.0800. The lowest BCUT2D eigenvalue weighted by Crippen LogP contribution is -2.26. The molecular weight excluding hydrogens is 695 g/mol. The molecule has 0 atom stereocenters. The van der Waals surface area contributed by atoms with Crippen LogP contribution in [0.4, 0.5) is 8.78 Å². The minimum Gasteiger partial charge on any atom is -0.261 e. The van der Waals surface area contributed by atoms with Crippen molar-refractivity contribution in [2.24, 2.45) is 9.98 Å². The van der Waals surface area contributed by atoms with Crippen LogP contribution in [0.1, 0.15) is 47.2 Å². The Bertz CT molecular complexity index is 2830. The van der Waals surface area contributed by atoms with Crippen molar-refractivity contribution in [1.82, 2.24) is 9.97 Å². The normalized spacial score (nSPS) is 12.9. The molecule has 0 radical (unpaired) electrons. The van der Waals surface area contributed by atoms with Gasteiger partial charge in [-0.25, -0.2) is 13.8 Å². The molecule has 0 aliphatic rings. The quantitative estimate of drug-likeness (QED) is 0.0642. The fourth-order valence-corrected chi connectivity index (χ4v) is 6.83. The first-order valence-corrected chi connectivity index (χ1v) is 18.4. The molecule has 7 aromatic rings. The van der Waals surface area contributed by atoms with Crippen LogP contribution in [0.2, 0.25) is 0 Å². The second-order valence-electron chi connectivity index (χ2n) is 13.5. The highest BCUT2D eigenvalue weighted by Crippen LogP contribution is 2.31. The van der Waals surface area contributed by atoms with Crippen LogP contribution in [0.5, 0.6) is 0 Å². The Morgan fingerprint density at radius 2 is 1.52 bits per heavy atom. The van der Waals surface area contributed by atoms with Gasteiger partial charge in [-0.3, -0.25) is 15.0 Å². The molecule has 56 heavy (non-hydrogen) atoms. The van der Waals surface area contributed by atoms with Gasteiger partial charge in [-0.1, -0.05) is 122 Å². The first-order valence-electron chi connectivity index (χ1n) is 18.4. The second kappa shape index (κ2) is 16.6. The molecule has 0 N–H and O–H groups in total. The number of pyridine rings is 2. The Hall–Kier alpha value is -6.92. The summed E-state index contributed by atoms with van der Waals surface area (Å²) < 4.78 is 29.0. The van der Waals surface area contributed by atoms with E-state index < -0.39 is 11.6 Å². The zero-order chi connectivity index (χ0) is 39.2. The number of amidine groups is 1. The van der Waals surface area contributed by atoms with Gasteiger partial charge in [-0.2, -0.15) is 0 Å². The van der Waals surface area contributed by atoms with Crippen LogP contribution in [0.25, 0.3) is 51.2 Å². The maximum atomic E-state index is 14.5. The van der Waals surface area contributed by atoms with Gasteiger partial charge in [0, 0.05) is 40.5 Å². The van der Waals surface area contributed by atoms with Crippen molar-refractivity contribution < 1.29 is 8.78 Å². The third-order valence-electron chi connectivity index (χ3n) is 9.84. The molecule has 0 bridgehead atoms. The lowest BCUT2D eigenvalue weighted by atomic mass is 9.92. The number of fused-ring (bicyclic) bond motifs is 3. The summed E-state index contributed by atoms with van der Waals surface area (Å²) in [5.74, 6) is -1.16. The molecule has 7 rings (SSSR count). The van der Waals surface area contributed by atoms with Crippen LogP contribution in [0, 0.1) is 18.6 Å². The van der Waals surface area contributed by atoms with Crippen LogP contribution in [0.15, 0.2) is 162 Å². The molecule has 0 saturated heterocycles. The number of hydrogen-bond donors (Lipinski definition) is 0. The Balaban J connectivity index is 1.18. The minimum atomic E-state index is -0.697. The summed E-state index contributed by atoms with van der Waals surface area (Å²) >= 11 is 0.